The Morgan fingerprint density at radius 3 is 2.68 bits per heavy atom. The molecule has 0 unspecified atom stereocenters. The lowest BCUT2D eigenvalue weighted by molar-refractivity contribution is -0.384. The van der Waals surface area contributed by atoms with E-state index < -0.39 is 4.92 Å². The van der Waals surface area contributed by atoms with Gasteiger partial charge in [0.05, 0.1) is 16.9 Å². The van der Waals surface area contributed by atoms with E-state index in [1.54, 1.807) is 30.5 Å². The van der Waals surface area contributed by atoms with E-state index in [1.807, 2.05) is 0 Å². The number of pyridine rings is 1. The summed E-state index contributed by atoms with van der Waals surface area (Å²) in [5.74, 6) is 0. The van der Waals surface area contributed by atoms with Crippen molar-refractivity contribution in [3.63, 3.8) is 0 Å². The van der Waals surface area contributed by atoms with Crippen LogP contribution < -0.4 is 5.56 Å². The molecule has 0 aliphatic carbocycles. The first-order valence-electron chi connectivity index (χ1n) is 9.46. The lowest BCUT2D eigenvalue weighted by atomic mass is 10.1. The number of likely N-dealkylation sites (tertiary alicyclic amines) is 1. The molecule has 4 rings (SSSR count). The zero-order valence-corrected chi connectivity index (χ0v) is 15.5. The maximum atomic E-state index is 12.9. The van der Waals surface area contributed by atoms with Crippen LogP contribution in [0.3, 0.4) is 0 Å². The van der Waals surface area contributed by atoms with Gasteiger partial charge in [-0.2, -0.15) is 5.10 Å². The number of nitrogens with zero attached hydrogens (tertiary/aromatic N) is 5. The van der Waals surface area contributed by atoms with Gasteiger partial charge in [-0.1, -0.05) is 18.6 Å². The Hall–Kier alpha value is -3.13. The second-order valence-electron chi connectivity index (χ2n) is 6.99. The average molecular weight is 379 g/mol. The second kappa shape index (κ2) is 7.85. The second-order valence-corrected chi connectivity index (χ2v) is 6.99. The van der Waals surface area contributed by atoms with E-state index in [2.05, 4.69) is 15.0 Å². The Labute approximate surface area is 161 Å². The number of piperidine rings is 1. The highest BCUT2D eigenvalue weighted by atomic mass is 16.6. The van der Waals surface area contributed by atoms with E-state index in [0.29, 0.717) is 28.7 Å². The quantitative estimate of drug-likeness (QED) is 0.500. The Bertz CT molecular complexity index is 1070. The molecule has 3 heterocycles. The van der Waals surface area contributed by atoms with Crippen molar-refractivity contribution in [3.05, 3.63) is 63.1 Å². The first-order valence-corrected chi connectivity index (χ1v) is 9.46. The van der Waals surface area contributed by atoms with Crippen LogP contribution in [-0.4, -0.2) is 44.2 Å². The topological polar surface area (TPSA) is 94.2 Å². The van der Waals surface area contributed by atoms with Crippen molar-refractivity contribution in [2.75, 3.05) is 19.6 Å². The van der Waals surface area contributed by atoms with Gasteiger partial charge in [-0.3, -0.25) is 19.9 Å². The van der Waals surface area contributed by atoms with Gasteiger partial charge < -0.3 is 4.90 Å². The molecule has 0 saturated carbocycles. The van der Waals surface area contributed by atoms with Crippen LogP contribution in [0.2, 0.25) is 0 Å². The van der Waals surface area contributed by atoms with Crippen LogP contribution in [0.1, 0.15) is 19.3 Å². The number of non-ortho nitro benzene ring substituents is 1. The summed E-state index contributed by atoms with van der Waals surface area (Å²) in [5, 5.41) is 16.2. The van der Waals surface area contributed by atoms with Crippen molar-refractivity contribution in [2.45, 2.75) is 25.8 Å². The molecule has 1 aliphatic rings. The lowest BCUT2D eigenvalue weighted by Crippen LogP contribution is -2.35. The molecule has 1 aromatic carbocycles. The zero-order valence-electron chi connectivity index (χ0n) is 15.5. The van der Waals surface area contributed by atoms with Crippen LogP contribution in [0.5, 0.6) is 0 Å². The third-order valence-corrected chi connectivity index (χ3v) is 5.12. The summed E-state index contributed by atoms with van der Waals surface area (Å²) in [6.07, 6.45) is 5.22. The fraction of sp³-hybridized carbons (Fsp3) is 0.350. The number of hydrogen-bond acceptors (Lipinski definition) is 6. The maximum Gasteiger partial charge on any atom is 0.276 e. The molecule has 8 nitrogen and oxygen atoms in total. The van der Waals surface area contributed by atoms with E-state index in [-0.39, 0.29) is 11.2 Å². The monoisotopic (exact) mass is 379 g/mol. The summed E-state index contributed by atoms with van der Waals surface area (Å²) in [6, 6.07) is 9.72. The largest absolute Gasteiger partial charge is 0.301 e. The third kappa shape index (κ3) is 3.63. The van der Waals surface area contributed by atoms with Crippen LogP contribution >= 0.6 is 0 Å². The van der Waals surface area contributed by atoms with Gasteiger partial charge >= 0.3 is 0 Å². The molecule has 1 saturated heterocycles. The zero-order chi connectivity index (χ0) is 19.5. The van der Waals surface area contributed by atoms with Gasteiger partial charge in [-0.25, -0.2) is 4.68 Å². The number of nitro benzene ring substituents is 1. The number of hydrogen-bond donors (Lipinski definition) is 0. The molecule has 0 spiro atoms. The summed E-state index contributed by atoms with van der Waals surface area (Å²) in [7, 11) is 0. The van der Waals surface area contributed by atoms with Crippen molar-refractivity contribution < 1.29 is 4.92 Å². The SMILES string of the molecule is O=c1c2cccnc2c(-c2cccc([N+](=O)[O-])c2)nn1CCN1CCCCC1. The van der Waals surface area contributed by atoms with Crippen LogP contribution in [0.4, 0.5) is 5.69 Å². The molecule has 2 aromatic heterocycles. The van der Waals surface area contributed by atoms with Gasteiger partial charge in [0.2, 0.25) is 0 Å². The van der Waals surface area contributed by atoms with Gasteiger partial charge in [0, 0.05) is 30.4 Å². The van der Waals surface area contributed by atoms with Gasteiger partial charge in [-0.05, 0) is 38.1 Å². The standard InChI is InChI=1S/C20H21N5O3/c26-20-17-8-5-9-21-19(17)18(15-6-4-7-16(14-15)25(27)28)22-24(20)13-12-23-10-2-1-3-11-23/h4-9,14H,1-3,10-13H2. The highest BCUT2D eigenvalue weighted by Crippen LogP contribution is 2.26. The molecular formula is C20H21N5O3. The fourth-order valence-electron chi connectivity index (χ4n) is 3.65. The summed E-state index contributed by atoms with van der Waals surface area (Å²) < 4.78 is 1.47. The predicted octanol–water partition coefficient (Wildman–Crippen LogP) is 2.85. The van der Waals surface area contributed by atoms with E-state index >= 15 is 0 Å². The smallest absolute Gasteiger partial charge is 0.276 e. The molecule has 3 aromatic rings. The van der Waals surface area contributed by atoms with Crippen LogP contribution in [0.15, 0.2) is 47.4 Å². The highest BCUT2D eigenvalue weighted by molar-refractivity contribution is 5.90. The van der Waals surface area contributed by atoms with E-state index in [0.717, 1.165) is 19.6 Å². The molecule has 0 N–H and O–H groups in total. The Kier molecular flexibility index (Phi) is 5.12. The Morgan fingerprint density at radius 2 is 1.89 bits per heavy atom. The molecule has 28 heavy (non-hydrogen) atoms. The molecule has 0 radical (unpaired) electrons. The van der Waals surface area contributed by atoms with E-state index in [1.165, 1.54) is 36.1 Å². The average Bonchev–Trinajstić information content (AvgIpc) is 2.74. The molecule has 144 valence electrons. The normalized spacial score (nSPS) is 15.0. The van der Waals surface area contributed by atoms with Gasteiger partial charge in [0.25, 0.3) is 11.2 Å². The van der Waals surface area contributed by atoms with Crippen molar-refractivity contribution in [3.8, 4) is 11.3 Å². The van der Waals surface area contributed by atoms with E-state index in [9.17, 15) is 14.9 Å². The van der Waals surface area contributed by atoms with Crippen molar-refractivity contribution in [1.29, 1.82) is 0 Å². The minimum absolute atomic E-state index is 0.0190. The Morgan fingerprint density at radius 1 is 1.07 bits per heavy atom. The van der Waals surface area contributed by atoms with Crippen LogP contribution in [0, 0.1) is 10.1 Å². The highest BCUT2D eigenvalue weighted by Gasteiger charge is 2.17. The van der Waals surface area contributed by atoms with Crippen LogP contribution in [0.25, 0.3) is 22.2 Å². The maximum absolute atomic E-state index is 12.9. The van der Waals surface area contributed by atoms with Crippen molar-refractivity contribution in [2.24, 2.45) is 0 Å². The number of rotatable bonds is 5. The summed E-state index contributed by atoms with van der Waals surface area (Å²) >= 11 is 0. The third-order valence-electron chi connectivity index (χ3n) is 5.12. The number of benzene rings is 1. The first kappa shape index (κ1) is 18.2. The molecule has 0 atom stereocenters. The Balaban J connectivity index is 1.77. The van der Waals surface area contributed by atoms with Crippen molar-refractivity contribution in [1.82, 2.24) is 19.7 Å². The fourth-order valence-corrected chi connectivity index (χ4v) is 3.65. The summed E-state index contributed by atoms with van der Waals surface area (Å²) in [4.78, 5) is 30.3. The number of aromatic nitrogens is 3. The minimum atomic E-state index is -0.439. The van der Waals surface area contributed by atoms with E-state index in [4.69, 9.17) is 0 Å². The molecule has 1 fully saturated rings. The number of nitro groups is 1. The molecular weight excluding hydrogens is 358 g/mol. The summed E-state index contributed by atoms with van der Waals surface area (Å²) in [6.45, 7) is 3.32. The lowest BCUT2D eigenvalue weighted by Gasteiger charge is -2.26. The molecule has 8 heteroatoms. The summed E-state index contributed by atoms with van der Waals surface area (Å²) in [5.41, 5.74) is 1.31. The molecule has 0 bridgehead atoms. The molecule has 0 amide bonds. The number of fused-ring (bicyclic) bond motifs is 1. The van der Waals surface area contributed by atoms with Gasteiger partial charge in [0.15, 0.2) is 0 Å². The first-order chi connectivity index (χ1) is 13.6. The van der Waals surface area contributed by atoms with Crippen molar-refractivity contribution >= 4 is 16.6 Å². The molecule has 1 aliphatic heterocycles. The minimum Gasteiger partial charge on any atom is -0.301 e. The predicted molar refractivity (Wildman–Crippen MR) is 106 cm³/mol. The van der Waals surface area contributed by atoms with Crippen LogP contribution in [-0.2, 0) is 6.54 Å². The van der Waals surface area contributed by atoms with Gasteiger partial charge in [-0.15, -0.1) is 0 Å². The van der Waals surface area contributed by atoms with Gasteiger partial charge in [0.1, 0.15) is 11.2 Å².